The summed E-state index contributed by atoms with van der Waals surface area (Å²) in [5, 5.41) is 0. The SMILES string of the molecule is CCOc1cc(C2CCCCC2)ccc1-c1ccccc1. The largest absolute Gasteiger partial charge is 0.493 e. The quantitative estimate of drug-likeness (QED) is 0.687. The molecule has 1 saturated carbocycles. The van der Waals surface area contributed by atoms with Crippen molar-refractivity contribution >= 4 is 0 Å². The fourth-order valence-electron chi connectivity index (χ4n) is 3.36. The summed E-state index contributed by atoms with van der Waals surface area (Å²) >= 11 is 0. The lowest BCUT2D eigenvalue weighted by atomic mass is 9.83. The molecule has 110 valence electrons. The standard InChI is InChI=1S/C20H24O/c1-2-21-20-15-18(16-9-5-3-6-10-16)13-14-19(20)17-11-7-4-8-12-17/h4,7-8,11-16H,2-3,5-6,9-10H2,1H3. The highest BCUT2D eigenvalue weighted by molar-refractivity contribution is 5.71. The summed E-state index contributed by atoms with van der Waals surface area (Å²) in [7, 11) is 0. The third-order valence-electron chi connectivity index (χ3n) is 4.47. The number of hydrogen-bond acceptors (Lipinski definition) is 1. The third kappa shape index (κ3) is 3.29. The van der Waals surface area contributed by atoms with Crippen molar-refractivity contribution in [1.29, 1.82) is 0 Å². The molecule has 0 heterocycles. The van der Waals surface area contributed by atoms with Gasteiger partial charge in [-0.1, -0.05) is 61.7 Å². The van der Waals surface area contributed by atoms with Gasteiger partial charge in [0.1, 0.15) is 5.75 Å². The lowest BCUT2D eigenvalue weighted by molar-refractivity contribution is 0.340. The highest BCUT2D eigenvalue weighted by atomic mass is 16.5. The van der Waals surface area contributed by atoms with Gasteiger partial charge in [-0.2, -0.15) is 0 Å². The lowest BCUT2D eigenvalue weighted by Crippen LogP contribution is -2.05. The van der Waals surface area contributed by atoms with E-state index in [4.69, 9.17) is 4.74 Å². The van der Waals surface area contributed by atoms with Crippen molar-refractivity contribution in [2.45, 2.75) is 44.9 Å². The van der Waals surface area contributed by atoms with Gasteiger partial charge in [-0.15, -0.1) is 0 Å². The van der Waals surface area contributed by atoms with E-state index < -0.39 is 0 Å². The van der Waals surface area contributed by atoms with Crippen LogP contribution >= 0.6 is 0 Å². The number of hydrogen-bond donors (Lipinski definition) is 0. The molecule has 0 amide bonds. The van der Waals surface area contributed by atoms with Gasteiger partial charge >= 0.3 is 0 Å². The Labute approximate surface area is 128 Å². The topological polar surface area (TPSA) is 9.23 Å². The summed E-state index contributed by atoms with van der Waals surface area (Å²) in [6, 6.07) is 17.4. The van der Waals surface area contributed by atoms with Crippen LogP contribution in [0.15, 0.2) is 48.5 Å². The second-order valence-corrected chi connectivity index (χ2v) is 5.89. The molecule has 21 heavy (non-hydrogen) atoms. The van der Waals surface area contributed by atoms with Gasteiger partial charge in [-0.3, -0.25) is 0 Å². The van der Waals surface area contributed by atoms with Crippen molar-refractivity contribution in [2.24, 2.45) is 0 Å². The van der Waals surface area contributed by atoms with Crippen LogP contribution in [0, 0.1) is 0 Å². The van der Waals surface area contributed by atoms with Crippen LogP contribution in [0.5, 0.6) is 5.75 Å². The van der Waals surface area contributed by atoms with Crippen LogP contribution in [0.25, 0.3) is 11.1 Å². The van der Waals surface area contributed by atoms with Crippen LogP contribution in [-0.4, -0.2) is 6.61 Å². The first-order chi connectivity index (χ1) is 10.4. The highest BCUT2D eigenvalue weighted by Gasteiger charge is 2.17. The van der Waals surface area contributed by atoms with Crippen molar-refractivity contribution < 1.29 is 4.74 Å². The first kappa shape index (κ1) is 14.2. The van der Waals surface area contributed by atoms with E-state index in [-0.39, 0.29) is 0 Å². The van der Waals surface area contributed by atoms with E-state index in [1.807, 2.05) is 0 Å². The van der Waals surface area contributed by atoms with Gasteiger partial charge in [0, 0.05) is 5.56 Å². The van der Waals surface area contributed by atoms with Crippen LogP contribution in [0.2, 0.25) is 0 Å². The van der Waals surface area contributed by atoms with Crippen LogP contribution in [0.4, 0.5) is 0 Å². The molecule has 0 aromatic heterocycles. The molecule has 0 saturated heterocycles. The monoisotopic (exact) mass is 280 g/mol. The summed E-state index contributed by atoms with van der Waals surface area (Å²) < 4.78 is 5.92. The molecule has 3 rings (SSSR count). The summed E-state index contributed by atoms with van der Waals surface area (Å²) in [6.07, 6.45) is 6.80. The molecule has 2 aromatic rings. The van der Waals surface area contributed by atoms with Gasteiger partial charge in [0.15, 0.2) is 0 Å². The van der Waals surface area contributed by atoms with Crippen molar-refractivity contribution in [3.63, 3.8) is 0 Å². The predicted molar refractivity (Wildman–Crippen MR) is 88.9 cm³/mol. The third-order valence-corrected chi connectivity index (χ3v) is 4.47. The van der Waals surface area contributed by atoms with Gasteiger partial charge in [0.2, 0.25) is 0 Å². The summed E-state index contributed by atoms with van der Waals surface area (Å²) in [5.74, 6) is 1.76. The Morgan fingerprint density at radius 3 is 2.43 bits per heavy atom. The first-order valence-electron chi connectivity index (χ1n) is 8.20. The summed E-state index contributed by atoms with van der Waals surface area (Å²) in [5.41, 5.74) is 3.89. The van der Waals surface area contributed by atoms with Gasteiger partial charge in [-0.05, 0) is 42.9 Å². The molecule has 1 aliphatic carbocycles. The van der Waals surface area contributed by atoms with Crippen molar-refractivity contribution in [3.8, 4) is 16.9 Å². The second-order valence-electron chi connectivity index (χ2n) is 5.89. The molecule has 0 aliphatic heterocycles. The van der Waals surface area contributed by atoms with Gasteiger partial charge in [0.25, 0.3) is 0 Å². The van der Waals surface area contributed by atoms with E-state index in [2.05, 4.69) is 55.5 Å². The zero-order valence-corrected chi connectivity index (χ0v) is 12.8. The molecule has 1 heteroatoms. The molecule has 1 nitrogen and oxygen atoms in total. The Morgan fingerprint density at radius 1 is 0.952 bits per heavy atom. The number of benzene rings is 2. The van der Waals surface area contributed by atoms with E-state index in [9.17, 15) is 0 Å². The zero-order valence-electron chi connectivity index (χ0n) is 12.8. The van der Waals surface area contributed by atoms with Crippen LogP contribution in [0.3, 0.4) is 0 Å². The Kier molecular flexibility index (Phi) is 4.59. The maximum Gasteiger partial charge on any atom is 0.127 e. The molecule has 1 fully saturated rings. The summed E-state index contributed by atoms with van der Waals surface area (Å²) in [4.78, 5) is 0. The molecule has 0 spiro atoms. The summed E-state index contributed by atoms with van der Waals surface area (Å²) in [6.45, 7) is 2.77. The van der Waals surface area contributed by atoms with Gasteiger partial charge in [0.05, 0.1) is 6.61 Å². The molecule has 0 bridgehead atoms. The fraction of sp³-hybridized carbons (Fsp3) is 0.400. The molecule has 1 aliphatic rings. The molecular formula is C20H24O. The zero-order chi connectivity index (χ0) is 14.5. The van der Waals surface area contributed by atoms with E-state index in [0.717, 1.165) is 11.7 Å². The lowest BCUT2D eigenvalue weighted by Gasteiger charge is -2.23. The Bertz CT molecular complexity index is 568. The van der Waals surface area contributed by atoms with Crippen LogP contribution in [-0.2, 0) is 0 Å². The molecule has 0 N–H and O–H groups in total. The first-order valence-corrected chi connectivity index (χ1v) is 8.20. The number of rotatable bonds is 4. The van der Waals surface area contributed by atoms with Gasteiger partial charge in [-0.25, -0.2) is 0 Å². The van der Waals surface area contributed by atoms with E-state index in [1.54, 1.807) is 0 Å². The maximum absolute atomic E-state index is 5.92. The smallest absolute Gasteiger partial charge is 0.127 e. The van der Waals surface area contributed by atoms with Crippen LogP contribution < -0.4 is 4.74 Å². The van der Waals surface area contributed by atoms with E-state index in [0.29, 0.717) is 6.61 Å². The van der Waals surface area contributed by atoms with Crippen LogP contribution in [0.1, 0.15) is 50.5 Å². The Morgan fingerprint density at radius 2 is 1.71 bits per heavy atom. The Hall–Kier alpha value is -1.76. The fourth-order valence-corrected chi connectivity index (χ4v) is 3.36. The second kappa shape index (κ2) is 6.80. The average Bonchev–Trinajstić information content (AvgIpc) is 2.57. The molecule has 2 aromatic carbocycles. The van der Waals surface area contributed by atoms with Gasteiger partial charge < -0.3 is 4.74 Å². The minimum atomic E-state index is 0.716. The highest BCUT2D eigenvalue weighted by Crippen LogP contribution is 2.37. The Balaban J connectivity index is 1.94. The maximum atomic E-state index is 5.92. The average molecular weight is 280 g/mol. The molecular weight excluding hydrogens is 256 g/mol. The van der Waals surface area contributed by atoms with Crippen molar-refractivity contribution in [3.05, 3.63) is 54.1 Å². The van der Waals surface area contributed by atoms with E-state index in [1.165, 1.54) is 48.8 Å². The van der Waals surface area contributed by atoms with Crippen molar-refractivity contribution in [2.75, 3.05) is 6.61 Å². The van der Waals surface area contributed by atoms with E-state index >= 15 is 0 Å². The minimum absolute atomic E-state index is 0.716. The number of ether oxygens (including phenoxy) is 1. The molecule has 0 radical (unpaired) electrons. The van der Waals surface area contributed by atoms with Crippen molar-refractivity contribution in [1.82, 2.24) is 0 Å². The normalized spacial score (nSPS) is 15.9. The molecule has 0 unspecified atom stereocenters. The molecule has 0 atom stereocenters. The minimum Gasteiger partial charge on any atom is -0.493 e. The predicted octanol–water partition coefficient (Wildman–Crippen LogP) is 5.80.